The third-order valence-electron chi connectivity index (χ3n) is 13.0. The number of allylic oxidation sites excluding steroid dienone is 1. The van der Waals surface area contributed by atoms with Gasteiger partial charge >= 0.3 is 0 Å². The van der Waals surface area contributed by atoms with Gasteiger partial charge in [-0.15, -0.1) is 0 Å². The van der Waals surface area contributed by atoms with Crippen molar-refractivity contribution >= 4 is 28.5 Å². The Morgan fingerprint density at radius 3 is 2.30 bits per heavy atom. The summed E-state index contributed by atoms with van der Waals surface area (Å²) in [6.45, 7) is 20.5. The van der Waals surface area contributed by atoms with Gasteiger partial charge in [0.05, 0.1) is 37.5 Å². The first-order chi connectivity index (χ1) is 30.4. The third-order valence-corrected chi connectivity index (χ3v) is 13.0. The van der Waals surface area contributed by atoms with Gasteiger partial charge in [0.15, 0.2) is 11.6 Å². The van der Waals surface area contributed by atoms with E-state index in [0.717, 1.165) is 106 Å². The number of amides is 2. The summed E-state index contributed by atoms with van der Waals surface area (Å²) >= 11 is 0. The number of fused-ring (bicyclic) bond motifs is 2. The molecule has 1 unspecified atom stereocenters. The Morgan fingerprint density at radius 2 is 1.62 bits per heavy atom. The molecule has 3 saturated heterocycles. The van der Waals surface area contributed by atoms with Crippen LogP contribution in [0.2, 0.25) is 0 Å². The number of aryl methyl sites for hydroxylation is 1. The largest absolute Gasteiger partial charge is 0.494 e. The van der Waals surface area contributed by atoms with Crippen LogP contribution in [0, 0.1) is 18.6 Å². The molecule has 1 N–H and O–H groups in total. The lowest BCUT2D eigenvalue weighted by atomic mass is 10.0. The van der Waals surface area contributed by atoms with E-state index in [1.54, 1.807) is 18.1 Å². The van der Waals surface area contributed by atoms with Crippen molar-refractivity contribution in [2.75, 3.05) is 77.5 Å². The van der Waals surface area contributed by atoms with Gasteiger partial charge in [-0.3, -0.25) is 29.3 Å². The zero-order valence-electron chi connectivity index (χ0n) is 36.5. The minimum absolute atomic E-state index is 0.0505. The number of pyridine rings is 1. The highest BCUT2D eigenvalue weighted by Crippen LogP contribution is 2.41. The molecule has 9 rings (SSSR count). The molecule has 1 atom stereocenters. The van der Waals surface area contributed by atoms with Crippen LogP contribution < -0.4 is 15.0 Å². The molecule has 2 amide bonds. The number of carbonyl (C=O) groups is 2. The summed E-state index contributed by atoms with van der Waals surface area (Å²) in [5.41, 5.74) is 6.32. The number of piperidine rings is 1. The van der Waals surface area contributed by atoms with Crippen molar-refractivity contribution in [1.29, 1.82) is 0 Å². The first-order valence-corrected chi connectivity index (χ1v) is 22.0. The summed E-state index contributed by atoms with van der Waals surface area (Å²) in [6.07, 6.45) is 4.59. The van der Waals surface area contributed by atoms with Crippen LogP contribution in [0.15, 0.2) is 61.1 Å². The van der Waals surface area contributed by atoms with Gasteiger partial charge in [-0.25, -0.2) is 23.7 Å². The van der Waals surface area contributed by atoms with E-state index in [9.17, 15) is 9.59 Å². The number of halogens is 2. The van der Waals surface area contributed by atoms with Gasteiger partial charge < -0.3 is 24.4 Å². The standard InChI is InChI=1S/C47H55F2N11O3/c1-29(2)60-31(4)53-44-37(48)22-33(23-41(44)60)43-38(49)26-51-42(54-43)24-34-8-7-32(25-50-34)27-57-16-14-55(15-17-57)12-13-56-18-20-58(21-19-56)39-11-9-35-36(45(39)63-5)28-59(47(35)62)40-10-6-30(3)52-46(40)61/h7-9,11,22-23,25-26,29,40H,3,6,10,12-21,24,27-28H2,1-2,4-5H3,(H,52,61). The number of piperazine rings is 2. The molecule has 3 fully saturated rings. The Balaban J connectivity index is 0.732. The maximum Gasteiger partial charge on any atom is 0.255 e. The lowest BCUT2D eigenvalue weighted by molar-refractivity contribution is -0.126. The van der Waals surface area contributed by atoms with Gasteiger partial charge in [0.1, 0.15) is 34.7 Å². The Kier molecular flexibility index (Phi) is 12.0. The van der Waals surface area contributed by atoms with Crippen molar-refractivity contribution in [3.63, 3.8) is 0 Å². The zero-order chi connectivity index (χ0) is 43.9. The molecule has 63 heavy (non-hydrogen) atoms. The van der Waals surface area contributed by atoms with Crippen molar-refractivity contribution in [2.45, 2.75) is 65.2 Å². The van der Waals surface area contributed by atoms with Gasteiger partial charge in [-0.05, 0) is 69.5 Å². The molecule has 5 aromatic rings. The number of carbonyl (C=O) groups excluding carboxylic acids is 2. The number of methoxy groups -OCH3 is 1. The van der Waals surface area contributed by atoms with E-state index in [1.807, 2.05) is 49.7 Å². The number of hydrogen-bond donors (Lipinski definition) is 1. The van der Waals surface area contributed by atoms with Gasteiger partial charge in [0.2, 0.25) is 5.91 Å². The number of nitrogens with one attached hydrogen (secondary N) is 1. The van der Waals surface area contributed by atoms with Crippen LogP contribution in [0.5, 0.6) is 5.75 Å². The molecular formula is C47H55F2N11O3. The smallest absolute Gasteiger partial charge is 0.255 e. The molecule has 0 saturated carbocycles. The van der Waals surface area contributed by atoms with Crippen molar-refractivity contribution in [1.82, 2.24) is 49.4 Å². The summed E-state index contributed by atoms with van der Waals surface area (Å²) in [5.74, 6) is 0.406. The number of aromatic nitrogens is 5. The molecule has 4 aliphatic rings. The van der Waals surface area contributed by atoms with Crippen molar-refractivity contribution in [3.05, 3.63) is 107 Å². The fraction of sp³-hybridized carbons (Fsp3) is 0.447. The molecule has 330 valence electrons. The van der Waals surface area contributed by atoms with Crippen molar-refractivity contribution in [3.8, 4) is 17.0 Å². The molecule has 14 nitrogen and oxygen atoms in total. The molecule has 4 aliphatic heterocycles. The molecule has 0 spiro atoms. The van der Waals surface area contributed by atoms with Crippen LogP contribution >= 0.6 is 0 Å². The molecule has 2 aromatic carbocycles. The van der Waals surface area contributed by atoms with E-state index in [4.69, 9.17) is 9.72 Å². The monoisotopic (exact) mass is 859 g/mol. The number of benzene rings is 2. The lowest BCUT2D eigenvalue weighted by Crippen LogP contribution is -2.51. The predicted molar refractivity (Wildman–Crippen MR) is 236 cm³/mol. The minimum Gasteiger partial charge on any atom is -0.494 e. The molecule has 0 radical (unpaired) electrons. The fourth-order valence-corrected chi connectivity index (χ4v) is 9.65. The SMILES string of the molecule is C=C1CCC(N2Cc3c(ccc(N4CCN(CCN5CCN(Cc6ccc(Cc7ncc(F)c(-c8cc(F)c9nc(C)n(C(C)C)c9c8)n7)nc6)CC5)CC4)c3OC)C2=O)C(=O)N1. The van der Waals surface area contributed by atoms with Crippen molar-refractivity contribution < 1.29 is 23.1 Å². The number of nitrogens with zero attached hydrogens (tertiary/aromatic N) is 10. The molecule has 3 aromatic heterocycles. The summed E-state index contributed by atoms with van der Waals surface area (Å²) in [7, 11) is 1.66. The van der Waals surface area contributed by atoms with Gasteiger partial charge in [0, 0.05) is 112 Å². The second-order valence-corrected chi connectivity index (χ2v) is 17.4. The van der Waals surface area contributed by atoms with Gasteiger partial charge in [-0.2, -0.15) is 0 Å². The third kappa shape index (κ3) is 8.63. The average Bonchev–Trinajstić information content (AvgIpc) is 3.80. The highest BCUT2D eigenvalue weighted by molar-refractivity contribution is 6.03. The number of anilines is 1. The molecule has 0 bridgehead atoms. The normalized spacial score (nSPS) is 19.1. The van der Waals surface area contributed by atoms with Crippen LogP contribution in [0.25, 0.3) is 22.3 Å². The second kappa shape index (κ2) is 17.7. The van der Waals surface area contributed by atoms with Crippen LogP contribution in [0.3, 0.4) is 0 Å². The van der Waals surface area contributed by atoms with E-state index in [2.05, 4.69) is 52.5 Å². The Hall–Kier alpha value is -5.84. The number of rotatable bonds is 12. The summed E-state index contributed by atoms with van der Waals surface area (Å²) < 4.78 is 38.2. The summed E-state index contributed by atoms with van der Waals surface area (Å²) in [6, 6.07) is 10.5. The molecular weight excluding hydrogens is 805 g/mol. The minimum atomic E-state index is -0.616. The molecule has 16 heteroatoms. The van der Waals surface area contributed by atoms with E-state index >= 15 is 8.78 Å². The Morgan fingerprint density at radius 1 is 0.889 bits per heavy atom. The number of hydrogen-bond acceptors (Lipinski definition) is 11. The van der Waals surface area contributed by atoms with Crippen molar-refractivity contribution in [2.24, 2.45) is 0 Å². The molecule has 0 aliphatic carbocycles. The maximum absolute atomic E-state index is 15.2. The summed E-state index contributed by atoms with van der Waals surface area (Å²) in [4.78, 5) is 55.5. The van der Waals surface area contributed by atoms with Gasteiger partial charge in [0.25, 0.3) is 5.91 Å². The number of imidazole rings is 1. The topological polar surface area (TPSA) is 128 Å². The lowest BCUT2D eigenvalue weighted by Gasteiger charge is -2.39. The highest BCUT2D eigenvalue weighted by Gasteiger charge is 2.40. The fourth-order valence-electron chi connectivity index (χ4n) is 9.65. The van der Waals surface area contributed by atoms with Crippen LogP contribution in [-0.2, 0) is 24.3 Å². The predicted octanol–water partition coefficient (Wildman–Crippen LogP) is 5.34. The zero-order valence-corrected chi connectivity index (χ0v) is 36.5. The van der Waals surface area contributed by atoms with Crippen LogP contribution in [0.1, 0.15) is 71.6 Å². The average molecular weight is 860 g/mol. The van der Waals surface area contributed by atoms with E-state index in [-0.39, 0.29) is 29.1 Å². The molecule has 7 heterocycles. The van der Waals surface area contributed by atoms with Crippen LogP contribution in [-0.4, -0.2) is 135 Å². The van der Waals surface area contributed by atoms with Crippen LogP contribution in [0.4, 0.5) is 14.5 Å². The first-order valence-electron chi connectivity index (χ1n) is 22.0. The van der Waals surface area contributed by atoms with E-state index in [1.165, 1.54) is 6.07 Å². The Labute approximate surface area is 366 Å². The first kappa shape index (κ1) is 42.5. The number of ether oxygens (including phenoxy) is 1. The second-order valence-electron chi connectivity index (χ2n) is 17.4. The maximum atomic E-state index is 15.2. The van der Waals surface area contributed by atoms with E-state index < -0.39 is 17.7 Å². The van der Waals surface area contributed by atoms with E-state index in [0.29, 0.717) is 59.8 Å². The van der Waals surface area contributed by atoms with Gasteiger partial charge in [-0.1, -0.05) is 12.6 Å². The quantitative estimate of drug-likeness (QED) is 0.175. The Bertz CT molecular complexity index is 2550. The highest BCUT2D eigenvalue weighted by atomic mass is 19.1. The summed E-state index contributed by atoms with van der Waals surface area (Å²) in [5, 5.41) is 2.81.